The molecule has 1 aliphatic rings. The third-order valence-corrected chi connectivity index (χ3v) is 2.98. The minimum absolute atomic E-state index is 0.343. The van der Waals surface area contributed by atoms with Crippen molar-refractivity contribution in [3.05, 3.63) is 53.8 Å². The highest BCUT2D eigenvalue weighted by atomic mass is 19.1. The number of benzene rings is 2. The third-order valence-electron chi connectivity index (χ3n) is 2.98. The number of ether oxygens (including phenoxy) is 1. The van der Waals surface area contributed by atoms with Crippen LogP contribution in [0.25, 0.3) is 11.1 Å². The van der Waals surface area contributed by atoms with Crippen LogP contribution in [0.3, 0.4) is 0 Å². The number of nitrogens with two attached hydrogens (primary N) is 1. The zero-order chi connectivity index (χ0) is 12.7. The van der Waals surface area contributed by atoms with Gasteiger partial charge in [-0.05, 0) is 23.8 Å². The molecule has 0 radical (unpaired) electrons. The minimum Gasteiger partial charge on any atom is -0.475 e. The average molecular weight is 243 g/mol. The van der Waals surface area contributed by atoms with Gasteiger partial charge in [0.05, 0.1) is 0 Å². The first kappa shape index (κ1) is 10.8. The van der Waals surface area contributed by atoms with Gasteiger partial charge >= 0.3 is 0 Å². The van der Waals surface area contributed by atoms with Gasteiger partial charge in [-0.25, -0.2) is 4.39 Å². The van der Waals surface area contributed by atoms with Gasteiger partial charge in [0.1, 0.15) is 11.6 Å². The molecule has 2 aromatic carbocycles. The Morgan fingerprint density at radius 2 is 1.94 bits per heavy atom. The highest BCUT2D eigenvalue weighted by Crippen LogP contribution is 2.42. The number of hydrogen-bond acceptors (Lipinski definition) is 2. The Kier molecular flexibility index (Phi) is 2.30. The van der Waals surface area contributed by atoms with E-state index >= 15 is 0 Å². The first-order valence-corrected chi connectivity index (χ1v) is 5.51. The summed E-state index contributed by atoms with van der Waals surface area (Å²) in [5, 5.41) is 0. The van der Waals surface area contributed by atoms with Gasteiger partial charge in [0.2, 0.25) is 6.10 Å². The van der Waals surface area contributed by atoms with Crippen molar-refractivity contribution < 1.29 is 13.9 Å². The lowest BCUT2D eigenvalue weighted by Crippen LogP contribution is -2.28. The summed E-state index contributed by atoms with van der Waals surface area (Å²) in [6.45, 7) is 0. The van der Waals surface area contributed by atoms with Crippen molar-refractivity contribution >= 4 is 5.91 Å². The molecule has 3 rings (SSSR count). The van der Waals surface area contributed by atoms with Gasteiger partial charge in [0.15, 0.2) is 0 Å². The van der Waals surface area contributed by atoms with Crippen LogP contribution in [0.2, 0.25) is 0 Å². The van der Waals surface area contributed by atoms with E-state index in [1.165, 1.54) is 18.2 Å². The highest BCUT2D eigenvalue weighted by molar-refractivity contribution is 5.87. The summed E-state index contributed by atoms with van der Waals surface area (Å²) >= 11 is 0. The molecular weight excluding hydrogens is 233 g/mol. The van der Waals surface area contributed by atoms with Crippen molar-refractivity contribution in [1.29, 1.82) is 0 Å². The SMILES string of the molecule is NC(=O)C1Oc2ccc(F)cc2-c2ccccc21. The first-order chi connectivity index (χ1) is 8.66. The molecule has 0 saturated heterocycles. The molecule has 0 aromatic heterocycles. The molecule has 0 saturated carbocycles. The zero-order valence-corrected chi connectivity index (χ0v) is 9.39. The van der Waals surface area contributed by atoms with Crippen molar-refractivity contribution in [2.24, 2.45) is 5.73 Å². The van der Waals surface area contributed by atoms with Gasteiger partial charge in [-0.3, -0.25) is 4.79 Å². The fraction of sp³-hybridized carbons (Fsp3) is 0.0714. The topological polar surface area (TPSA) is 52.3 Å². The average Bonchev–Trinajstić information content (AvgIpc) is 2.37. The maximum absolute atomic E-state index is 13.3. The predicted molar refractivity (Wildman–Crippen MR) is 64.4 cm³/mol. The van der Waals surface area contributed by atoms with Crippen LogP contribution in [0.1, 0.15) is 11.7 Å². The van der Waals surface area contributed by atoms with E-state index in [0.29, 0.717) is 16.9 Å². The Bertz CT molecular complexity index is 639. The third kappa shape index (κ3) is 1.54. The predicted octanol–water partition coefficient (Wildman–Crippen LogP) is 2.41. The molecule has 1 amide bonds. The van der Waals surface area contributed by atoms with Crippen LogP contribution in [-0.4, -0.2) is 5.91 Å². The molecule has 3 nitrogen and oxygen atoms in total. The van der Waals surface area contributed by atoms with E-state index in [1.807, 2.05) is 12.1 Å². The highest BCUT2D eigenvalue weighted by Gasteiger charge is 2.29. The largest absolute Gasteiger partial charge is 0.475 e. The fourth-order valence-electron chi connectivity index (χ4n) is 2.19. The van der Waals surface area contributed by atoms with E-state index in [-0.39, 0.29) is 5.82 Å². The Morgan fingerprint density at radius 1 is 1.17 bits per heavy atom. The minimum atomic E-state index is -0.820. The molecule has 0 fully saturated rings. The summed E-state index contributed by atoms with van der Waals surface area (Å²) in [7, 11) is 0. The number of primary amides is 1. The zero-order valence-electron chi connectivity index (χ0n) is 9.39. The van der Waals surface area contributed by atoms with Crippen molar-refractivity contribution in [2.75, 3.05) is 0 Å². The molecule has 1 unspecified atom stereocenters. The maximum atomic E-state index is 13.3. The number of rotatable bonds is 1. The summed E-state index contributed by atoms with van der Waals surface area (Å²) in [5.74, 6) is -0.430. The smallest absolute Gasteiger partial charge is 0.263 e. The van der Waals surface area contributed by atoms with Gasteiger partial charge < -0.3 is 10.5 Å². The molecule has 1 heterocycles. The van der Waals surface area contributed by atoms with E-state index in [2.05, 4.69) is 0 Å². The molecule has 90 valence electrons. The van der Waals surface area contributed by atoms with E-state index in [0.717, 1.165) is 5.56 Å². The summed E-state index contributed by atoms with van der Waals surface area (Å²) in [6.07, 6.45) is -0.820. The number of amides is 1. The van der Waals surface area contributed by atoms with Crippen LogP contribution < -0.4 is 10.5 Å². The van der Waals surface area contributed by atoms with Crippen LogP contribution in [0.15, 0.2) is 42.5 Å². The molecule has 0 spiro atoms. The number of carbonyl (C=O) groups is 1. The van der Waals surface area contributed by atoms with Gasteiger partial charge in [-0.1, -0.05) is 24.3 Å². The van der Waals surface area contributed by atoms with Gasteiger partial charge in [0, 0.05) is 11.1 Å². The van der Waals surface area contributed by atoms with Crippen LogP contribution >= 0.6 is 0 Å². The van der Waals surface area contributed by atoms with Gasteiger partial charge in [0.25, 0.3) is 5.91 Å². The molecule has 1 atom stereocenters. The quantitative estimate of drug-likeness (QED) is 0.836. The van der Waals surface area contributed by atoms with E-state index in [4.69, 9.17) is 10.5 Å². The van der Waals surface area contributed by atoms with Crippen molar-refractivity contribution in [1.82, 2.24) is 0 Å². The van der Waals surface area contributed by atoms with Crippen molar-refractivity contribution in [3.63, 3.8) is 0 Å². The van der Waals surface area contributed by atoms with Crippen molar-refractivity contribution in [3.8, 4) is 16.9 Å². The van der Waals surface area contributed by atoms with E-state index < -0.39 is 12.0 Å². The second-order valence-electron chi connectivity index (χ2n) is 4.13. The number of hydrogen-bond donors (Lipinski definition) is 1. The first-order valence-electron chi connectivity index (χ1n) is 5.51. The lowest BCUT2D eigenvalue weighted by atomic mass is 9.92. The summed E-state index contributed by atoms with van der Waals surface area (Å²) in [4.78, 5) is 11.4. The van der Waals surface area contributed by atoms with Crippen LogP contribution in [-0.2, 0) is 4.79 Å². The lowest BCUT2D eigenvalue weighted by Gasteiger charge is -2.26. The number of carbonyl (C=O) groups excluding carboxylic acids is 1. The van der Waals surface area contributed by atoms with Gasteiger partial charge in [-0.15, -0.1) is 0 Å². The van der Waals surface area contributed by atoms with E-state index in [1.54, 1.807) is 12.1 Å². The maximum Gasteiger partial charge on any atom is 0.263 e. The van der Waals surface area contributed by atoms with Crippen LogP contribution in [0, 0.1) is 5.82 Å². The molecule has 0 bridgehead atoms. The number of halogens is 1. The standard InChI is InChI=1S/C14H10FNO2/c15-8-5-6-12-11(7-8)9-3-1-2-4-10(9)13(18-12)14(16)17/h1-7,13H,(H2,16,17). The summed E-state index contributed by atoms with van der Waals surface area (Å²) in [5.41, 5.74) is 7.42. The van der Waals surface area contributed by atoms with E-state index in [9.17, 15) is 9.18 Å². The molecule has 2 N–H and O–H groups in total. The molecule has 0 aliphatic carbocycles. The van der Waals surface area contributed by atoms with Crippen molar-refractivity contribution in [2.45, 2.75) is 6.10 Å². The Balaban J connectivity index is 2.26. The molecule has 18 heavy (non-hydrogen) atoms. The summed E-state index contributed by atoms with van der Waals surface area (Å²) < 4.78 is 18.8. The molecule has 4 heteroatoms. The van der Waals surface area contributed by atoms with Crippen LogP contribution in [0.4, 0.5) is 4.39 Å². The molecule has 2 aromatic rings. The number of fused-ring (bicyclic) bond motifs is 3. The van der Waals surface area contributed by atoms with Crippen LogP contribution in [0.5, 0.6) is 5.75 Å². The Hall–Kier alpha value is -2.36. The lowest BCUT2D eigenvalue weighted by molar-refractivity contribution is -0.125. The fourth-order valence-corrected chi connectivity index (χ4v) is 2.19. The van der Waals surface area contributed by atoms with Gasteiger partial charge in [-0.2, -0.15) is 0 Å². The summed E-state index contributed by atoms with van der Waals surface area (Å²) in [6, 6.07) is 11.4. The molecular formula is C14H10FNO2. The second kappa shape index (κ2) is 3.84. The Morgan fingerprint density at radius 3 is 2.72 bits per heavy atom. The monoisotopic (exact) mass is 243 g/mol. The normalized spacial score (nSPS) is 16.4. The second-order valence-corrected chi connectivity index (χ2v) is 4.13. The Labute approximate surface area is 103 Å². The molecule has 1 aliphatic heterocycles.